The Hall–Kier alpha value is -1.15. The molecular formula is C20H32ClN3O3S. The lowest BCUT2D eigenvalue weighted by Crippen LogP contribution is -2.55. The van der Waals surface area contributed by atoms with Crippen molar-refractivity contribution in [3.63, 3.8) is 0 Å². The number of nitrogens with zero attached hydrogens (tertiary/aromatic N) is 2. The Bertz CT molecular complexity index is 797. The fourth-order valence-corrected chi connectivity index (χ4v) is 6.33. The molecule has 28 heavy (non-hydrogen) atoms. The number of benzene rings is 1. The van der Waals surface area contributed by atoms with E-state index in [-0.39, 0.29) is 30.3 Å². The zero-order chi connectivity index (χ0) is 19.8. The Kier molecular flexibility index (Phi) is 7.53. The lowest BCUT2D eigenvalue weighted by atomic mass is 9.95. The second-order valence-electron chi connectivity index (χ2n) is 7.99. The lowest BCUT2D eigenvalue weighted by Gasteiger charge is -2.38. The highest BCUT2D eigenvalue weighted by Crippen LogP contribution is 2.29. The van der Waals surface area contributed by atoms with Crippen molar-refractivity contribution in [2.24, 2.45) is 5.92 Å². The number of piperazine rings is 1. The molecule has 2 fully saturated rings. The molecule has 1 amide bonds. The molecule has 0 aliphatic carbocycles. The fraction of sp³-hybridized carbons (Fsp3) is 0.650. The summed E-state index contributed by atoms with van der Waals surface area (Å²) >= 11 is 0. The number of rotatable bonds is 3. The molecule has 2 aliphatic heterocycles. The smallest absolute Gasteiger partial charge is 0.243 e. The molecule has 158 valence electrons. The molecule has 0 spiro atoms. The minimum absolute atomic E-state index is 0. The van der Waals surface area contributed by atoms with Crippen LogP contribution in [0.2, 0.25) is 0 Å². The van der Waals surface area contributed by atoms with Crippen LogP contribution < -0.4 is 5.32 Å². The van der Waals surface area contributed by atoms with Crippen LogP contribution in [0.3, 0.4) is 0 Å². The van der Waals surface area contributed by atoms with Crippen LogP contribution in [0.15, 0.2) is 17.0 Å². The van der Waals surface area contributed by atoms with Crippen molar-refractivity contribution in [2.75, 3.05) is 32.7 Å². The summed E-state index contributed by atoms with van der Waals surface area (Å²) in [6.45, 7) is 11.0. The molecule has 3 rings (SSSR count). The molecule has 6 nitrogen and oxygen atoms in total. The topological polar surface area (TPSA) is 69.7 Å². The molecule has 1 aromatic rings. The lowest BCUT2D eigenvalue weighted by molar-refractivity contribution is -0.139. The molecular weight excluding hydrogens is 398 g/mol. The van der Waals surface area contributed by atoms with Crippen molar-refractivity contribution in [1.82, 2.24) is 14.5 Å². The van der Waals surface area contributed by atoms with Crippen molar-refractivity contribution in [2.45, 2.75) is 51.5 Å². The quantitative estimate of drug-likeness (QED) is 0.800. The van der Waals surface area contributed by atoms with Gasteiger partial charge < -0.3 is 10.2 Å². The molecule has 1 N–H and O–H groups in total. The highest BCUT2D eigenvalue weighted by Gasteiger charge is 2.36. The summed E-state index contributed by atoms with van der Waals surface area (Å²) in [5, 5.41) is 3.30. The van der Waals surface area contributed by atoms with E-state index in [4.69, 9.17) is 0 Å². The van der Waals surface area contributed by atoms with Gasteiger partial charge in [0.2, 0.25) is 15.9 Å². The number of hydrogen-bond acceptors (Lipinski definition) is 4. The predicted molar refractivity (Wildman–Crippen MR) is 113 cm³/mol. The van der Waals surface area contributed by atoms with Gasteiger partial charge in [-0.15, -0.1) is 12.4 Å². The molecule has 0 bridgehead atoms. The number of carbonyl (C=O) groups excluding carboxylic acids is 1. The van der Waals surface area contributed by atoms with Crippen LogP contribution in [0.4, 0.5) is 0 Å². The highest BCUT2D eigenvalue weighted by molar-refractivity contribution is 7.89. The summed E-state index contributed by atoms with van der Waals surface area (Å²) < 4.78 is 27.9. The minimum atomic E-state index is -3.53. The Balaban J connectivity index is 0.00000280. The van der Waals surface area contributed by atoms with E-state index in [0.29, 0.717) is 30.8 Å². The molecule has 0 saturated carbocycles. The standard InChI is InChI=1S/C20H31N3O3S.ClH/c1-14-11-15(2)19(16(3)12-14)27(25,26)22-8-5-18(6-9-22)20(24)23-10-7-21-13-17(23)4;/h11-12,17-18,21H,5-10,13H2,1-4H3;1H/t17-;/m1./s1. The number of piperidine rings is 1. The number of hydrogen-bond donors (Lipinski definition) is 1. The third-order valence-electron chi connectivity index (χ3n) is 5.79. The van der Waals surface area contributed by atoms with E-state index in [1.807, 2.05) is 37.8 Å². The fourth-order valence-electron chi connectivity index (χ4n) is 4.45. The first kappa shape index (κ1) is 23.1. The number of halogens is 1. The Labute approximate surface area is 175 Å². The largest absolute Gasteiger partial charge is 0.337 e. The average molecular weight is 430 g/mol. The van der Waals surface area contributed by atoms with E-state index in [2.05, 4.69) is 12.2 Å². The summed E-state index contributed by atoms with van der Waals surface area (Å²) in [7, 11) is -3.53. The number of aryl methyl sites for hydroxylation is 3. The molecule has 8 heteroatoms. The first-order valence-corrected chi connectivity index (χ1v) is 11.2. The van der Waals surface area contributed by atoms with E-state index in [0.717, 1.165) is 36.3 Å². The first-order chi connectivity index (χ1) is 12.7. The van der Waals surface area contributed by atoms with Crippen molar-refractivity contribution < 1.29 is 13.2 Å². The maximum atomic E-state index is 13.2. The number of amides is 1. The van der Waals surface area contributed by atoms with Gasteiger partial charge in [-0.25, -0.2) is 8.42 Å². The molecule has 0 unspecified atom stereocenters. The van der Waals surface area contributed by atoms with E-state index >= 15 is 0 Å². The van der Waals surface area contributed by atoms with Gasteiger partial charge in [0.05, 0.1) is 4.90 Å². The monoisotopic (exact) mass is 429 g/mol. The van der Waals surface area contributed by atoms with Crippen LogP contribution in [-0.2, 0) is 14.8 Å². The van der Waals surface area contributed by atoms with E-state index < -0.39 is 10.0 Å². The first-order valence-electron chi connectivity index (χ1n) is 9.81. The van der Waals surface area contributed by atoms with Crippen LogP contribution in [0.1, 0.15) is 36.5 Å². The van der Waals surface area contributed by atoms with Gasteiger partial charge in [-0.3, -0.25) is 4.79 Å². The van der Waals surface area contributed by atoms with Gasteiger partial charge in [0, 0.05) is 44.7 Å². The second-order valence-corrected chi connectivity index (χ2v) is 9.87. The van der Waals surface area contributed by atoms with E-state index in [1.54, 1.807) is 4.31 Å². The Morgan fingerprint density at radius 3 is 2.18 bits per heavy atom. The summed E-state index contributed by atoms with van der Waals surface area (Å²) in [5.41, 5.74) is 2.65. The van der Waals surface area contributed by atoms with E-state index in [1.165, 1.54) is 0 Å². The Morgan fingerprint density at radius 2 is 1.64 bits per heavy atom. The van der Waals surface area contributed by atoms with Crippen molar-refractivity contribution >= 4 is 28.3 Å². The van der Waals surface area contributed by atoms with Crippen LogP contribution >= 0.6 is 12.4 Å². The molecule has 0 aromatic heterocycles. The maximum absolute atomic E-state index is 13.2. The van der Waals surface area contributed by atoms with Gasteiger partial charge >= 0.3 is 0 Å². The summed E-state index contributed by atoms with van der Waals surface area (Å²) in [6.07, 6.45) is 1.19. The van der Waals surface area contributed by atoms with Crippen molar-refractivity contribution in [3.05, 3.63) is 28.8 Å². The summed E-state index contributed by atoms with van der Waals surface area (Å²) in [5.74, 6) is 0.112. The van der Waals surface area contributed by atoms with Gasteiger partial charge in [-0.1, -0.05) is 17.7 Å². The van der Waals surface area contributed by atoms with Crippen LogP contribution in [-0.4, -0.2) is 62.3 Å². The normalized spacial score (nSPS) is 22.0. The number of carbonyl (C=O) groups is 1. The van der Waals surface area contributed by atoms with Gasteiger partial charge in [-0.2, -0.15) is 4.31 Å². The third kappa shape index (κ3) is 4.53. The average Bonchev–Trinajstić information content (AvgIpc) is 2.60. The molecule has 2 saturated heterocycles. The van der Waals surface area contributed by atoms with Crippen molar-refractivity contribution in [1.29, 1.82) is 0 Å². The minimum Gasteiger partial charge on any atom is -0.337 e. The summed E-state index contributed by atoms with van der Waals surface area (Å²) in [4.78, 5) is 15.2. The summed E-state index contributed by atoms with van der Waals surface area (Å²) in [6, 6.07) is 4.04. The molecule has 1 atom stereocenters. The second kappa shape index (κ2) is 9.11. The SMILES string of the molecule is Cc1cc(C)c(S(=O)(=O)N2CCC(C(=O)N3CCNC[C@H]3C)CC2)c(C)c1.Cl. The number of sulfonamides is 1. The van der Waals surface area contributed by atoms with Gasteiger partial charge in [0.25, 0.3) is 0 Å². The third-order valence-corrected chi connectivity index (χ3v) is 7.99. The zero-order valence-corrected chi connectivity index (χ0v) is 18.8. The van der Waals surface area contributed by atoms with Crippen molar-refractivity contribution in [3.8, 4) is 0 Å². The molecule has 0 radical (unpaired) electrons. The van der Waals surface area contributed by atoms with Gasteiger partial charge in [-0.05, 0) is 51.7 Å². The van der Waals surface area contributed by atoms with Gasteiger partial charge in [0.15, 0.2) is 0 Å². The molecule has 2 aliphatic rings. The molecule has 2 heterocycles. The Morgan fingerprint density at radius 1 is 1.07 bits per heavy atom. The molecule has 1 aromatic carbocycles. The van der Waals surface area contributed by atoms with Gasteiger partial charge in [0.1, 0.15) is 0 Å². The van der Waals surface area contributed by atoms with Crippen LogP contribution in [0.25, 0.3) is 0 Å². The van der Waals surface area contributed by atoms with Crippen LogP contribution in [0, 0.1) is 26.7 Å². The maximum Gasteiger partial charge on any atom is 0.243 e. The highest BCUT2D eigenvalue weighted by atomic mass is 35.5. The predicted octanol–water partition coefficient (Wildman–Crippen LogP) is 2.25. The van der Waals surface area contributed by atoms with E-state index in [9.17, 15) is 13.2 Å². The zero-order valence-electron chi connectivity index (χ0n) is 17.2. The number of nitrogens with one attached hydrogen (secondary N) is 1. The van der Waals surface area contributed by atoms with Crippen LogP contribution in [0.5, 0.6) is 0 Å².